The number of hydrogen-bond donors (Lipinski definition) is 2. The third kappa shape index (κ3) is 4.29. The number of para-hydroxylation sites is 1. The van der Waals surface area contributed by atoms with Gasteiger partial charge >= 0.3 is 5.97 Å². The first-order chi connectivity index (χ1) is 15.3. The Hall–Kier alpha value is -2.73. The molecule has 0 aliphatic rings. The van der Waals surface area contributed by atoms with Gasteiger partial charge in [0.1, 0.15) is 9.22 Å². The number of hydrogen-bond acceptors (Lipinski definition) is 7. The molecule has 4 rings (SSSR count). The Labute approximate surface area is 193 Å². The molecule has 0 saturated carbocycles. The van der Waals surface area contributed by atoms with E-state index < -0.39 is 22.1 Å². The molecular formula is C21H21N3O5S3. The molecule has 2 N–H and O–H groups in total. The van der Waals surface area contributed by atoms with Crippen LogP contribution in [-0.4, -0.2) is 42.6 Å². The second kappa shape index (κ2) is 9.02. The molecule has 0 saturated heterocycles. The van der Waals surface area contributed by atoms with Gasteiger partial charge in [-0.15, -0.1) is 22.7 Å². The Bertz CT molecular complexity index is 1340. The van der Waals surface area contributed by atoms with Crippen LogP contribution in [0.2, 0.25) is 0 Å². The number of fused-ring (bicyclic) bond motifs is 1. The third-order valence-corrected chi connectivity index (χ3v) is 9.09. The van der Waals surface area contributed by atoms with Gasteiger partial charge in [-0.3, -0.25) is 4.31 Å². The quantitative estimate of drug-likeness (QED) is 0.355. The summed E-state index contributed by atoms with van der Waals surface area (Å²) in [5.41, 5.74) is 1.97. The number of aromatic amines is 1. The number of carboxylic acid groups (broad SMARTS) is 1. The first kappa shape index (κ1) is 22.5. The van der Waals surface area contributed by atoms with Crippen LogP contribution in [0.5, 0.6) is 0 Å². The Morgan fingerprint density at radius 3 is 2.81 bits per heavy atom. The number of sulfonamides is 1. The highest BCUT2D eigenvalue weighted by atomic mass is 32.2. The van der Waals surface area contributed by atoms with Crippen molar-refractivity contribution in [1.82, 2.24) is 9.97 Å². The van der Waals surface area contributed by atoms with Crippen LogP contribution in [0.25, 0.3) is 21.6 Å². The lowest BCUT2D eigenvalue weighted by Gasteiger charge is -2.19. The molecule has 1 unspecified atom stereocenters. The number of H-pyrrole nitrogens is 1. The van der Waals surface area contributed by atoms with Gasteiger partial charge in [-0.25, -0.2) is 18.2 Å². The third-order valence-electron chi connectivity index (χ3n) is 4.94. The van der Waals surface area contributed by atoms with E-state index in [1.54, 1.807) is 36.7 Å². The highest BCUT2D eigenvalue weighted by Crippen LogP contribution is 2.34. The zero-order chi connectivity index (χ0) is 22.9. The highest BCUT2D eigenvalue weighted by Gasteiger charge is 2.24. The van der Waals surface area contributed by atoms with E-state index in [1.165, 1.54) is 34.0 Å². The normalized spacial score (nSPS) is 12.8. The molecule has 3 heterocycles. The van der Waals surface area contributed by atoms with E-state index in [0.717, 1.165) is 16.0 Å². The monoisotopic (exact) mass is 491 g/mol. The van der Waals surface area contributed by atoms with E-state index in [0.29, 0.717) is 22.6 Å². The molecule has 1 aromatic carbocycles. The topological polar surface area (TPSA) is 113 Å². The molecule has 0 amide bonds. The van der Waals surface area contributed by atoms with E-state index in [4.69, 9.17) is 9.84 Å². The summed E-state index contributed by atoms with van der Waals surface area (Å²) in [4.78, 5) is 19.6. The van der Waals surface area contributed by atoms with Crippen molar-refractivity contribution in [2.75, 3.05) is 11.4 Å². The summed E-state index contributed by atoms with van der Waals surface area (Å²) in [5.74, 6) is -0.984. The summed E-state index contributed by atoms with van der Waals surface area (Å²) in [5, 5.41) is 12.4. The maximum absolute atomic E-state index is 13.0. The molecule has 1 atom stereocenters. The SMILES string of the molecule is CCC(OCc1cnc(-c2cc3cccc(N(C)S(=O)(=O)c4cccs4)c3[nH]2)s1)C(=O)O. The number of aliphatic carboxylic acids is 1. The average molecular weight is 492 g/mol. The van der Waals surface area contributed by atoms with Crippen molar-refractivity contribution in [2.45, 2.75) is 30.3 Å². The van der Waals surface area contributed by atoms with Crippen molar-refractivity contribution in [3.8, 4) is 10.7 Å². The van der Waals surface area contributed by atoms with Gasteiger partial charge < -0.3 is 14.8 Å². The van der Waals surface area contributed by atoms with Gasteiger partial charge in [0, 0.05) is 18.6 Å². The van der Waals surface area contributed by atoms with Gasteiger partial charge in [-0.1, -0.05) is 25.1 Å². The molecule has 0 aliphatic heterocycles. The van der Waals surface area contributed by atoms with E-state index in [2.05, 4.69) is 9.97 Å². The number of thiazole rings is 1. The molecular weight excluding hydrogens is 470 g/mol. The summed E-state index contributed by atoms with van der Waals surface area (Å²) in [6, 6.07) is 10.7. The lowest BCUT2D eigenvalue weighted by Crippen LogP contribution is -2.26. The number of thiophene rings is 1. The molecule has 0 bridgehead atoms. The molecule has 11 heteroatoms. The molecule has 0 spiro atoms. The predicted octanol–water partition coefficient (Wildman–Crippen LogP) is 4.56. The summed E-state index contributed by atoms with van der Waals surface area (Å²) >= 11 is 2.57. The van der Waals surface area contributed by atoms with Crippen molar-refractivity contribution in [3.05, 3.63) is 52.9 Å². The fraction of sp³-hybridized carbons (Fsp3) is 0.238. The Morgan fingerprint density at radius 2 is 2.12 bits per heavy atom. The van der Waals surface area contributed by atoms with Gasteiger partial charge in [0.15, 0.2) is 6.10 Å². The highest BCUT2D eigenvalue weighted by molar-refractivity contribution is 7.94. The minimum atomic E-state index is -3.66. The maximum Gasteiger partial charge on any atom is 0.332 e. The summed E-state index contributed by atoms with van der Waals surface area (Å²) in [6.07, 6.45) is 1.19. The molecule has 4 aromatic rings. The van der Waals surface area contributed by atoms with Crippen LogP contribution < -0.4 is 4.31 Å². The van der Waals surface area contributed by atoms with Crippen LogP contribution in [-0.2, 0) is 26.2 Å². The molecule has 0 fully saturated rings. The average Bonchev–Trinajstić information content (AvgIpc) is 3.53. The molecule has 32 heavy (non-hydrogen) atoms. The number of nitrogens with one attached hydrogen (secondary N) is 1. The Kier molecular flexibility index (Phi) is 6.33. The van der Waals surface area contributed by atoms with Gasteiger partial charge in [-0.2, -0.15) is 0 Å². The number of benzene rings is 1. The van der Waals surface area contributed by atoms with Gasteiger partial charge in [0.2, 0.25) is 0 Å². The van der Waals surface area contributed by atoms with Crippen LogP contribution in [0.3, 0.4) is 0 Å². The van der Waals surface area contributed by atoms with E-state index in [1.807, 2.05) is 18.2 Å². The van der Waals surface area contributed by atoms with E-state index in [-0.39, 0.29) is 10.8 Å². The molecule has 8 nitrogen and oxygen atoms in total. The molecule has 168 valence electrons. The van der Waals surface area contributed by atoms with Crippen LogP contribution >= 0.6 is 22.7 Å². The predicted molar refractivity (Wildman–Crippen MR) is 126 cm³/mol. The number of anilines is 1. The summed E-state index contributed by atoms with van der Waals surface area (Å²) in [6.45, 7) is 1.92. The molecule has 3 aromatic heterocycles. The number of aromatic nitrogens is 2. The fourth-order valence-corrected chi connectivity index (χ4v) is 6.41. The van der Waals surface area contributed by atoms with Crippen molar-refractivity contribution >= 4 is 55.3 Å². The minimum Gasteiger partial charge on any atom is -0.479 e. The lowest BCUT2D eigenvalue weighted by molar-refractivity contribution is -0.151. The second-order valence-corrected chi connectivity index (χ2v) is 11.3. The molecule has 0 radical (unpaired) electrons. The zero-order valence-corrected chi connectivity index (χ0v) is 19.8. The van der Waals surface area contributed by atoms with Crippen molar-refractivity contribution < 1.29 is 23.1 Å². The molecule has 0 aliphatic carbocycles. The zero-order valence-electron chi connectivity index (χ0n) is 17.3. The Balaban J connectivity index is 1.62. The maximum atomic E-state index is 13.0. The number of nitrogens with zero attached hydrogens (tertiary/aromatic N) is 2. The largest absolute Gasteiger partial charge is 0.479 e. The summed E-state index contributed by atoms with van der Waals surface area (Å²) < 4.78 is 33.0. The van der Waals surface area contributed by atoms with E-state index >= 15 is 0 Å². The smallest absolute Gasteiger partial charge is 0.332 e. The van der Waals surface area contributed by atoms with Crippen molar-refractivity contribution in [2.24, 2.45) is 0 Å². The number of rotatable bonds is 9. The minimum absolute atomic E-state index is 0.162. The Morgan fingerprint density at radius 1 is 1.31 bits per heavy atom. The van der Waals surface area contributed by atoms with Gasteiger partial charge in [-0.05, 0) is 30.0 Å². The van der Waals surface area contributed by atoms with Crippen LogP contribution in [0.1, 0.15) is 18.2 Å². The number of carboxylic acids is 1. The van der Waals surface area contributed by atoms with Crippen molar-refractivity contribution in [3.63, 3.8) is 0 Å². The first-order valence-electron chi connectivity index (χ1n) is 9.75. The van der Waals surface area contributed by atoms with Gasteiger partial charge in [0.05, 0.1) is 28.4 Å². The van der Waals surface area contributed by atoms with Gasteiger partial charge in [0.25, 0.3) is 10.0 Å². The number of ether oxygens (including phenoxy) is 1. The second-order valence-electron chi connectivity index (χ2n) is 7.01. The standard InChI is InChI=1S/C21H21N3O5S3/c1-3-17(21(25)26)29-12-14-11-22-20(31-14)15-10-13-6-4-7-16(19(13)23-15)24(2)32(27,28)18-8-5-9-30-18/h4-11,17,23H,3,12H2,1-2H3,(H,25,26). The lowest BCUT2D eigenvalue weighted by atomic mass is 10.2. The number of carbonyl (C=O) groups is 1. The van der Waals surface area contributed by atoms with Crippen LogP contribution in [0.15, 0.2) is 52.2 Å². The summed E-state index contributed by atoms with van der Waals surface area (Å²) in [7, 11) is -2.12. The van der Waals surface area contributed by atoms with Crippen molar-refractivity contribution in [1.29, 1.82) is 0 Å². The fourth-order valence-electron chi connectivity index (χ4n) is 3.24. The first-order valence-corrected chi connectivity index (χ1v) is 12.9. The van der Waals surface area contributed by atoms with Crippen LogP contribution in [0.4, 0.5) is 5.69 Å². The van der Waals surface area contributed by atoms with Crippen LogP contribution in [0, 0.1) is 0 Å². The van der Waals surface area contributed by atoms with E-state index in [9.17, 15) is 13.2 Å².